The predicted octanol–water partition coefficient (Wildman–Crippen LogP) is 0.213. The summed E-state index contributed by atoms with van der Waals surface area (Å²) in [5.41, 5.74) is -0.909. The van der Waals surface area contributed by atoms with Gasteiger partial charge in [-0.1, -0.05) is 6.92 Å². The molecule has 0 unspecified atom stereocenters. The molecule has 0 fully saturated rings. The fourth-order valence-electron chi connectivity index (χ4n) is 0.862. The Morgan fingerprint density at radius 3 is 2.40 bits per heavy atom. The van der Waals surface area contributed by atoms with Gasteiger partial charge in [0.1, 0.15) is 0 Å². The van der Waals surface area contributed by atoms with Crippen LogP contribution in [0, 0.1) is 5.41 Å². The molecule has 5 nitrogen and oxygen atoms in total. The molecular formula is C10H20N2O3. The number of carboxylic acid groups (broad SMARTS) is 1. The van der Waals surface area contributed by atoms with Gasteiger partial charge >= 0.3 is 5.97 Å². The van der Waals surface area contributed by atoms with E-state index in [4.69, 9.17) is 5.11 Å². The van der Waals surface area contributed by atoms with Gasteiger partial charge in [0.15, 0.2) is 0 Å². The number of carbonyl (C=O) groups excluding carboxylic acids is 1. The summed E-state index contributed by atoms with van der Waals surface area (Å²) in [5, 5.41) is 14.4. The van der Waals surface area contributed by atoms with E-state index in [2.05, 4.69) is 10.6 Å². The van der Waals surface area contributed by atoms with Gasteiger partial charge in [-0.05, 0) is 20.4 Å². The maximum Gasteiger partial charge on any atom is 0.310 e. The van der Waals surface area contributed by atoms with Crippen molar-refractivity contribution in [3.8, 4) is 0 Å². The van der Waals surface area contributed by atoms with Crippen molar-refractivity contribution >= 4 is 11.9 Å². The summed E-state index contributed by atoms with van der Waals surface area (Å²) < 4.78 is 0. The molecule has 0 saturated heterocycles. The minimum Gasteiger partial charge on any atom is -0.481 e. The highest BCUT2D eigenvalue weighted by Crippen LogP contribution is 2.12. The third-order valence-electron chi connectivity index (χ3n) is 2.09. The van der Waals surface area contributed by atoms with E-state index >= 15 is 0 Å². The predicted molar refractivity (Wildman–Crippen MR) is 57.6 cm³/mol. The van der Waals surface area contributed by atoms with Crippen LogP contribution in [0.3, 0.4) is 0 Å². The lowest BCUT2D eigenvalue weighted by atomic mass is 9.94. The Balaban J connectivity index is 3.75. The van der Waals surface area contributed by atoms with Gasteiger partial charge < -0.3 is 15.7 Å². The summed E-state index contributed by atoms with van der Waals surface area (Å²) in [6.07, 6.45) is 0.379. The second-order valence-electron chi connectivity index (χ2n) is 4.07. The first-order valence-corrected chi connectivity index (χ1v) is 5.11. The van der Waals surface area contributed by atoms with Crippen molar-refractivity contribution in [2.45, 2.75) is 27.2 Å². The van der Waals surface area contributed by atoms with Crippen LogP contribution >= 0.6 is 0 Å². The number of carbonyl (C=O) groups is 2. The number of hydrogen-bond donors (Lipinski definition) is 3. The van der Waals surface area contributed by atoms with Crippen molar-refractivity contribution in [3.63, 3.8) is 0 Å². The van der Waals surface area contributed by atoms with Crippen molar-refractivity contribution in [1.82, 2.24) is 10.6 Å². The lowest BCUT2D eigenvalue weighted by Crippen LogP contribution is -2.39. The normalized spacial score (nSPS) is 11.1. The molecule has 0 saturated carbocycles. The Morgan fingerprint density at radius 2 is 1.93 bits per heavy atom. The molecule has 15 heavy (non-hydrogen) atoms. The van der Waals surface area contributed by atoms with Crippen LogP contribution in [0.2, 0.25) is 0 Å². The van der Waals surface area contributed by atoms with Crippen LogP contribution in [0.1, 0.15) is 27.2 Å². The molecule has 0 aliphatic heterocycles. The summed E-state index contributed by atoms with van der Waals surface area (Å²) in [6.45, 7) is 6.74. The van der Waals surface area contributed by atoms with E-state index in [1.54, 1.807) is 13.8 Å². The van der Waals surface area contributed by atoms with Crippen LogP contribution in [0.25, 0.3) is 0 Å². The van der Waals surface area contributed by atoms with Crippen molar-refractivity contribution in [2.24, 2.45) is 5.41 Å². The van der Waals surface area contributed by atoms with Crippen LogP contribution in [0.4, 0.5) is 0 Å². The molecule has 88 valence electrons. The molecule has 3 N–H and O–H groups in total. The van der Waals surface area contributed by atoms with Crippen molar-refractivity contribution in [1.29, 1.82) is 0 Å². The topological polar surface area (TPSA) is 78.4 Å². The number of carboxylic acids is 1. The van der Waals surface area contributed by atoms with Gasteiger partial charge in [0.2, 0.25) is 5.91 Å². The van der Waals surface area contributed by atoms with E-state index in [0.29, 0.717) is 13.0 Å². The molecule has 0 heterocycles. The van der Waals surface area contributed by atoms with E-state index in [1.165, 1.54) is 0 Å². The molecule has 0 aromatic heterocycles. The fraction of sp³-hybridized carbons (Fsp3) is 0.800. The Bertz CT molecular complexity index is 227. The zero-order chi connectivity index (χ0) is 11.9. The van der Waals surface area contributed by atoms with Gasteiger partial charge in [0.05, 0.1) is 5.41 Å². The molecule has 0 spiro atoms. The average Bonchev–Trinajstić information content (AvgIpc) is 2.15. The third kappa shape index (κ3) is 6.06. The summed E-state index contributed by atoms with van der Waals surface area (Å²) in [4.78, 5) is 22.0. The van der Waals surface area contributed by atoms with Crippen molar-refractivity contribution in [3.05, 3.63) is 0 Å². The maximum absolute atomic E-state index is 11.2. The number of amides is 1. The molecule has 0 aromatic carbocycles. The second-order valence-corrected chi connectivity index (χ2v) is 4.07. The molecule has 5 heteroatoms. The van der Waals surface area contributed by atoms with Crippen molar-refractivity contribution in [2.75, 3.05) is 19.6 Å². The van der Waals surface area contributed by atoms with E-state index in [-0.39, 0.29) is 12.5 Å². The highest BCUT2D eigenvalue weighted by Gasteiger charge is 2.27. The molecule has 0 radical (unpaired) electrons. The van der Waals surface area contributed by atoms with Crippen LogP contribution in [-0.2, 0) is 9.59 Å². The van der Waals surface area contributed by atoms with Crippen LogP contribution < -0.4 is 10.6 Å². The molecule has 0 aliphatic rings. The SMILES string of the molecule is CCNCCC(=O)NCC(C)(C)C(=O)O. The largest absolute Gasteiger partial charge is 0.481 e. The quantitative estimate of drug-likeness (QED) is 0.532. The zero-order valence-electron chi connectivity index (χ0n) is 9.59. The van der Waals surface area contributed by atoms with Gasteiger partial charge in [-0.25, -0.2) is 0 Å². The van der Waals surface area contributed by atoms with Gasteiger partial charge in [-0.15, -0.1) is 0 Å². The molecule has 1 amide bonds. The van der Waals surface area contributed by atoms with Crippen LogP contribution in [-0.4, -0.2) is 36.6 Å². The highest BCUT2D eigenvalue weighted by atomic mass is 16.4. The fourth-order valence-corrected chi connectivity index (χ4v) is 0.862. The first kappa shape index (κ1) is 13.9. The Labute approximate surface area is 90.2 Å². The first-order chi connectivity index (χ1) is 6.90. The standard InChI is InChI=1S/C10H20N2O3/c1-4-11-6-5-8(13)12-7-10(2,3)9(14)15/h11H,4-7H2,1-3H3,(H,12,13)(H,14,15). The second kappa shape index (κ2) is 6.40. The minimum atomic E-state index is -0.909. The smallest absolute Gasteiger partial charge is 0.310 e. The highest BCUT2D eigenvalue weighted by molar-refractivity contribution is 5.78. The Hall–Kier alpha value is -1.10. The number of rotatable bonds is 7. The summed E-state index contributed by atoms with van der Waals surface area (Å²) in [6, 6.07) is 0. The average molecular weight is 216 g/mol. The van der Waals surface area contributed by atoms with Crippen molar-refractivity contribution < 1.29 is 14.7 Å². The van der Waals surface area contributed by atoms with E-state index in [1.807, 2.05) is 6.92 Å². The molecular weight excluding hydrogens is 196 g/mol. The van der Waals surface area contributed by atoms with Crippen LogP contribution in [0.5, 0.6) is 0 Å². The number of aliphatic carboxylic acids is 1. The van der Waals surface area contributed by atoms with Crippen LogP contribution in [0.15, 0.2) is 0 Å². The molecule has 0 bridgehead atoms. The zero-order valence-corrected chi connectivity index (χ0v) is 9.59. The Morgan fingerprint density at radius 1 is 1.33 bits per heavy atom. The maximum atomic E-state index is 11.2. The van der Waals surface area contributed by atoms with Gasteiger partial charge in [-0.3, -0.25) is 9.59 Å². The summed E-state index contributed by atoms with van der Waals surface area (Å²) in [7, 11) is 0. The Kier molecular flexibility index (Phi) is 5.93. The molecule has 0 rings (SSSR count). The van der Waals surface area contributed by atoms with Gasteiger partial charge in [0.25, 0.3) is 0 Å². The lowest BCUT2D eigenvalue weighted by molar-refractivity contribution is -0.146. The summed E-state index contributed by atoms with van der Waals surface area (Å²) in [5.74, 6) is -1.03. The third-order valence-corrected chi connectivity index (χ3v) is 2.09. The molecule has 0 atom stereocenters. The van der Waals surface area contributed by atoms with Gasteiger partial charge in [-0.2, -0.15) is 0 Å². The lowest BCUT2D eigenvalue weighted by Gasteiger charge is -2.19. The molecule has 0 aromatic rings. The number of hydrogen-bond acceptors (Lipinski definition) is 3. The summed E-state index contributed by atoms with van der Waals surface area (Å²) >= 11 is 0. The monoisotopic (exact) mass is 216 g/mol. The molecule has 0 aliphatic carbocycles. The van der Waals surface area contributed by atoms with Gasteiger partial charge in [0, 0.05) is 19.5 Å². The first-order valence-electron chi connectivity index (χ1n) is 5.11. The van der Waals surface area contributed by atoms with E-state index < -0.39 is 11.4 Å². The van der Waals surface area contributed by atoms with E-state index in [0.717, 1.165) is 6.54 Å². The minimum absolute atomic E-state index is 0.120. The number of nitrogens with one attached hydrogen (secondary N) is 2. The van der Waals surface area contributed by atoms with E-state index in [9.17, 15) is 9.59 Å².